The van der Waals surface area contributed by atoms with E-state index >= 15 is 0 Å². The van der Waals surface area contributed by atoms with Crippen molar-refractivity contribution in [3.05, 3.63) is 47.6 Å². The lowest BCUT2D eigenvalue weighted by Crippen LogP contribution is -2.17. The van der Waals surface area contributed by atoms with Crippen LogP contribution in [-0.2, 0) is 0 Å². The van der Waals surface area contributed by atoms with Crippen LogP contribution < -0.4 is 0 Å². The van der Waals surface area contributed by atoms with Gasteiger partial charge in [-0.05, 0) is 73.7 Å². The molecule has 0 unspecified atom stereocenters. The molecule has 21 heavy (non-hydrogen) atoms. The zero-order valence-electron chi connectivity index (χ0n) is 14.7. The van der Waals surface area contributed by atoms with Crippen molar-refractivity contribution in [1.29, 1.82) is 0 Å². The molecule has 1 fully saturated rings. The fourth-order valence-electron chi connectivity index (χ4n) is 3.40. The lowest BCUT2D eigenvalue weighted by molar-refractivity contribution is 0.372. The predicted octanol–water partition coefficient (Wildman–Crippen LogP) is 7.01. The maximum absolute atomic E-state index is 4.52. The number of hydrogen-bond donors (Lipinski definition) is 0. The van der Waals surface area contributed by atoms with Crippen LogP contribution in [0, 0.1) is 11.8 Å². The molecular formula is C21H34. The highest BCUT2D eigenvalue weighted by Crippen LogP contribution is 2.41. The predicted molar refractivity (Wildman–Crippen MR) is 96.4 cm³/mol. The fraction of sp³-hybridized carbons (Fsp3) is 0.619. The zero-order valence-corrected chi connectivity index (χ0v) is 14.7. The molecule has 0 radical (unpaired) electrons. The molecule has 0 aliphatic heterocycles. The molecule has 0 aromatic carbocycles. The van der Waals surface area contributed by atoms with E-state index in [9.17, 15) is 0 Å². The van der Waals surface area contributed by atoms with E-state index in [2.05, 4.69) is 53.0 Å². The molecule has 0 aromatic heterocycles. The smallest absolute Gasteiger partial charge is 0.0156 e. The van der Waals surface area contributed by atoms with Gasteiger partial charge in [0.1, 0.15) is 0 Å². The monoisotopic (exact) mass is 286 g/mol. The largest absolute Gasteiger partial charge is 0.0988 e. The van der Waals surface area contributed by atoms with Gasteiger partial charge in [0.15, 0.2) is 0 Å². The summed E-state index contributed by atoms with van der Waals surface area (Å²) in [7, 11) is 0. The van der Waals surface area contributed by atoms with Gasteiger partial charge in [-0.2, -0.15) is 0 Å². The lowest BCUT2D eigenvalue weighted by Gasteiger charge is -2.32. The van der Waals surface area contributed by atoms with Crippen molar-refractivity contribution in [2.24, 2.45) is 11.8 Å². The van der Waals surface area contributed by atoms with Crippen LogP contribution in [0.1, 0.15) is 72.6 Å². The van der Waals surface area contributed by atoms with E-state index in [4.69, 9.17) is 0 Å². The summed E-state index contributed by atoms with van der Waals surface area (Å²) in [6.07, 6.45) is 13.3. The van der Waals surface area contributed by atoms with Crippen molar-refractivity contribution in [3.63, 3.8) is 0 Å². The van der Waals surface area contributed by atoms with Crippen LogP contribution in [0.5, 0.6) is 0 Å². The van der Waals surface area contributed by atoms with Gasteiger partial charge in [0.25, 0.3) is 0 Å². The van der Waals surface area contributed by atoms with Crippen LogP contribution >= 0.6 is 0 Å². The number of hydrogen-bond acceptors (Lipinski definition) is 0. The second-order valence-corrected chi connectivity index (χ2v) is 6.43. The third-order valence-corrected chi connectivity index (χ3v) is 4.97. The highest BCUT2D eigenvalue weighted by atomic mass is 14.3. The Morgan fingerprint density at radius 2 is 1.76 bits per heavy atom. The minimum absolute atomic E-state index is 0.625. The van der Waals surface area contributed by atoms with Gasteiger partial charge in [-0.1, -0.05) is 58.4 Å². The van der Waals surface area contributed by atoms with Gasteiger partial charge in [0.05, 0.1) is 0 Å². The summed E-state index contributed by atoms with van der Waals surface area (Å²) >= 11 is 0. The first-order valence-corrected chi connectivity index (χ1v) is 8.79. The van der Waals surface area contributed by atoms with E-state index in [1.165, 1.54) is 67.2 Å². The normalized spacial score (nSPS) is 17.5. The molecule has 0 saturated heterocycles. The van der Waals surface area contributed by atoms with Gasteiger partial charge in [0.2, 0.25) is 0 Å². The molecule has 0 nitrogen and oxygen atoms in total. The summed E-state index contributed by atoms with van der Waals surface area (Å²) < 4.78 is 0. The van der Waals surface area contributed by atoms with Crippen LogP contribution in [0.15, 0.2) is 47.6 Å². The molecule has 0 amide bonds. The summed E-state index contributed by atoms with van der Waals surface area (Å²) in [6, 6.07) is 0. The van der Waals surface area contributed by atoms with Crippen molar-refractivity contribution in [2.75, 3.05) is 0 Å². The third kappa shape index (κ3) is 4.46. The Morgan fingerprint density at radius 3 is 2.10 bits per heavy atom. The third-order valence-electron chi connectivity index (χ3n) is 4.97. The highest BCUT2D eigenvalue weighted by Gasteiger charge is 2.26. The van der Waals surface area contributed by atoms with Crippen LogP contribution in [0.3, 0.4) is 0 Å². The van der Waals surface area contributed by atoms with Crippen molar-refractivity contribution in [2.45, 2.75) is 72.6 Å². The number of allylic oxidation sites excluding steroid dienone is 6. The van der Waals surface area contributed by atoms with E-state index in [1.54, 1.807) is 0 Å². The first-order valence-electron chi connectivity index (χ1n) is 8.79. The van der Waals surface area contributed by atoms with Crippen molar-refractivity contribution in [3.8, 4) is 0 Å². The maximum Gasteiger partial charge on any atom is -0.0156 e. The van der Waals surface area contributed by atoms with E-state index in [0.29, 0.717) is 11.8 Å². The summed E-state index contributed by atoms with van der Waals surface area (Å²) in [5, 5.41) is 0. The summed E-state index contributed by atoms with van der Waals surface area (Å²) in [6.45, 7) is 17.6. The maximum atomic E-state index is 4.52. The summed E-state index contributed by atoms with van der Waals surface area (Å²) in [5.74, 6) is 1.34. The molecule has 118 valence electrons. The lowest BCUT2D eigenvalue weighted by atomic mass is 9.73. The van der Waals surface area contributed by atoms with Gasteiger partial charge in [-0.25, -0.2) is 0 Å². The Bertz CT molecular complexity index is 409. The fourth-order valence-corrected chi connectivity index (χ4v) is 3.40. The Balaban J connectivity index is 3.19. The van der Waals surface area contributed by atoms with E-state index < -0.39 is 0 Å². The Labute approximate surface area is 132 Å². The molecule has 1 saturated carbocycles. The first kappa shape index (κ1) is 18.0. The van der Waals surface area contributed by atoms with Crippen LogP contribution in [-0.4, -0.2) is 0 Å². The van der Waals surface area contributed by atoms with Crippen molar-refractivity contribution >= 4 is 0 Å². The second-order valence-electron chi connectivity index (χ2n) is 6.43. The van der Waals surface area contributed by atoms with Gasteiger partial charge in [-0.3, -0.25) is 0 Å². The molecule has 1 aliphatic rings. The van der Waals surface area contributed by atoms with E-state index in [-0.39, 0.29) is 0 Å². The molecular weight excluding hydrogens is 252 g/mol. The van der Waals surface area contributed by atoms with Gasteiger partial charge in [-0.15, -0.1) is 0 Å². The van der Waals surface area contributed by atoms with Crippen LogP contribution in [0.25, 0.3) is 0 Å². The first-order chi connectivity index (χ1) is 10.1. The van der Waals surface area contributed by atoms with Gasteiger partial charge in [0, 0.05) is 0 Å². The molecule has 1 aliphatic carbocycles. The van der Waals surface area contributed by atoms with Crippen LogP contribution in [0.4, 0.5) is 0 Å². The Kier molecular flexibility index (Phi) is 7.78. The van der Waals surface area contributed by atoms with Crippen LogP contribution in [0.2, 0.25) is 0 Å². The number of rotatable bonds is 9. The van der Waals surface area contributed by atoms with E-state index in [0.717, 1.165) is 0 Å². The summed E-state index contributed by atoms with van der Waals surface area (Å²) in [5.41, 5.74) is 5.61. The molecule has 0 bridgehead atoms. The quantitative estimate of drug-likeness (QED) is 0.400. The molecule has 0 spiro atoms. The van der Waals surface area contributed by atoms with Crippen molar-refractivity contribution < 1.29 is 0 Å². The minimum Gasteiger partial charge on any atom is -0.0988 e. The average molecular weight is 287 g/mol. The van der Waals surface area contributed by atoms with E-state index in [1.807, 2.05) is 0 Å². The van der Waals surface area contributed by atoms with Crippen molar-refractivity contribution in [1.82, 2.24) is 0 Å². The molecule has 0 heteroatoms. The zero-order chi connectivity index (χ0) is 15.8. The Morgan fingerprint density at radius 1 is 1.19 bits per heavy atom. The SMILES string of the molecule is C=C/C(=C(C(=C)C(CCC)CCC)\C(C)=C/C)C1CCC1. The van der Waals surface area contributed by atoms with Gasteiger partial charge < -0.3 is 0 Å². The molecule has 0 heterocycles. The molecule has 0 N–H and O–H groups in total. The molecule has 0 atom stereocenters. The molecule has 0 aromatic rings. The average Bonchev–Trinajstić information content (AvgIpc) is 2.43. The second kappa shape index (κ2) is 9.07. The standard InChI is InChI=1S/C21H34/c1-7-12-18(13-8-2)17(6)21(16(5)9-3)20(10-4)19-14-11-15-19/h9-10,18-19H,4,6-8,11-15H2,1-3,5H3/b16-9-,21-20-. The minimum atomic E-state index is 0.625. The highest BCUT2D eigenvalue weighted by molar-refractivity contribution is 5.52. The molecule has 1 rings (SSSR count). The topological polar surface area (TPSA) is 0 Å². The van der Waals surface area contributed by atoms with Gasteiger partial charge >= 0.3 is 0 Å². The Hall–Kier alpha value is -1.04. The summed E-state index contributed by atoms with van der Waals surface area (Å²) in [4.78, 5) is 0.